The van der Waals surface area contributed by atoms with E-state index in [1.807, 2.05) is 24.3 Å². The van der Waals surface area contributed by atoms with E-state index in [2.05, 4.69) is 53.8 Å². The highest BCUT2D eigenvalue weighted by molar-refractivity contribution is 5.81. The maximum absolute atomic E-state index is 12.5. The number of aryl methyl sites for hydroxylation is 1. The van der Waals surface area contributed by atoms with Gasteiger partial charge in [0, 0.05) is 5.92 Å². The fourth-order valence-corrected chi connectivity index (χ4v) is 4.72. The summed E-state index contributed by atoms with van der Waals surface area (Å²) in [5.41, 5.74) is 6.97. The number of carbonyl (C=O) groups excluding carboxylic acids is 1. The maximum atomic E-state index is 12.5. The summed E-state index contributed by atoms with van der Waals surface area (Å²) in [5.74, 6) is -0.421. The number of alkyl carbamates (subject to hydrolysis) is 1. The normalized spacial score (nSPS) is 15.4. The first kappa shape index (κ1) is 21.3. The Hall–Kier alpha value is -3.60. The molecule has 33 heavy (non-hydrogen) atoms. The highest BCUT2D eigenvalue weighted by atomic mass is 16.5. The van der Waals surface area contributed by atoms with Crippen LogP contribution < -0.4 is 5.32 Å². The van der Waals surface area contributed by atoms with Crippen molar-refractivity contribution in [2.45, 2.75) is 43.6 Å². The Kier molecular flexibility index (Phi) is 5.86. The van der Waals surface area contributed by atoms with E-state index in [-0.39, 0.29) is 12.5 Å². The van der Waals surface area contributed by atoms with Gasteiger partial charge in [0.1, 0.15) is 12.6 Å². The number of aliphatic carboxylic acids is 1. The molecule has 0 spiro atoms. The Morgan fingerprint density at radius 2 is 1.52 bits per heavy atom. The molecule has 0 bridgehead atoms. The molecule has 3 aromatic rings. The summed E-state index contributed by atoms with van der Waals surface area (Å²) < 4.78 is 5.51. The third kappa shape index (κ3) is 4.63. The van der Waals surface area contributed by atoms with Gasteiger partial charge in [-0.3, -0.25) is 0 Å². The van der Waals surface area contributed by atoms with Crippen molar-refractivity contribution in [2.75, 3.05) is 6.61 Å². The van der Waals surface area contributed by atoms with Crippen molar-refractivity contribution < 1.29 is 19.4 Å². The van der Waals surface area contributed by atoms with Crippen LogP contribution in [0.3, 0.4) is 0 Å². The lowest BCUT2D eigenvalue weighted by molar-refractivity contribution is -0.139. The van der Waals surface area contributed by atoms with Crippen molar-refractivity contribution in [1.82, 2.24) is 5.32 Å². The monoisotopic (exact) mass is 441 g/mol. The summed E-state index contributed by atoms with van der Waals surface area (Å²) in [6.45, 7) is 0.162. The van der Waals surface area contributed by atoms with Crippen molar-refractivity contribution in [1.29, 1.82) is 0 Å². The van der Waals surface area contributed by atoms with Gasteiger partial charge < -0.3 is 15.2 Å². The number of carboxylic acid groups (broad SMARTS) is 1. The van der Waals surface area contributed by atoms with Gasteiger partial charge in [-0.1, -0.05) is 72.8 Å². The zero-order valence-corrected chi connectivity index (χ0v) is 18.4. The summed E-state index contributed by atoms with van der Waals surface area (Å²) in [6.07, 6.45) is 2.69. The molecule has 1 amide bonds. The number of ether oxygens (including phenoxy) is 1. The Bertz CT molecular complexity index is 1120. The van der Waals surface area contributed by atoms with Crippen LogP contribution in [0.1, 0.15) is 53.4 Å². The standard InChI is InChI=1S/C28H27NO4/c30-27(31)26(16-11-18-9-12-19(13-10-18)20-14-15-20)29-28(32)33-17-25-23-7-3-1-5-21(23)22-6-2-4-8-24(22)25/h1-10,12-13,20,25-26H,11,14-17H2,(H,29,32)(H,30,31). The van der Waals surface area contributed by atoms with Crippen LogP contribution in [-0.2, 0) is 16.0 Å². The van der Waals surface area contributed by atoms with Crippen LogP contribution >= 0.6 is 0 Å². The first-order valence-corrected chi connectivity index (χ1v) is 11.5. The van der Waals surface area contributed by atoms with Crippen LogP contribution in [0.25, 0.3) is 11.1 Å². The molecule has 2 aliphatic carbocycles. The van der Waals surface area contributed by atoms with Crippen molar-refractivity contribution in [2.24, 2.45) is 0 Å². The summed E-state index contributed by atoms with van der Waals surface area (Å²) in [6, 6.07) is 23.6. The van der Waals surface area contributed by atoms with Gasteiger partial charge in [0.15, 0.2) is 0 Å². The largest absolute Gasteiger partial charge is 0.480 e. The number of benzene rings is 3. The van der Waals surface area contributed by atoms with Crippen molar-refractivity contribution in [3.05, 3.63) is 95.1 Å². The highest BCUT2D eigenvalue weighted by Crippen LogP contribution is 2.44. The van der Waals surface area contributed by atoms with Crippen molar-refractivity contribution in [3.8, 4) is 11.1 Å². The van der Waals surface area contributed by atoms with Gasteiger partial charge in [-0.15, -0.1) is 0 Å². The second kappa shape index (κ2) is 9.10. The van der Waals surface area contributed by atoms with Crippen LogP contribution in [0, 0.1) is 0 Å². The van der Waals surface area contributed by atoms with Gasteiger partial charge in [-0.25, -0.2) is 9.59 Å². The molecular formula is C28H27NO4. The molecule has 5 nitrogen and oxygen atoms in total. The number of nitrogens with one attached hydrogen (secondary N) is 1. The van der Waals surface area contributed by atoms with Gasteiger partial charge in [-0.05, 0) is 65.0 Å². The quantitative estimate of drug-likeness (QED) is 0.485. The summed E-state index contributed by atoms with van der Waals surface area (Å²) in [5, 5.41) is 12.1. The average Bonchev–Trinajstić information content (AvgIpc) is 3.63. The molecule has 1 unspecified atom stereocenters. The molecule has 168 valence electrons. The van der Waals surface area contributed by atoms with Gasteiger partial charge in [0.2, 0.25) is 0 Å². The fraction of sp³-hybridized carbons (Fsp3) is 0.286. The van der Waals surface area contributed by atoms with E-state index in [9.17, 15) is 14.7 Å². The van der Waals surface area contributed by atoms with Crippen LogP contribution in [0.4, 0.5) is 4.79 Å². The predicted molar refractivity (Wildman–Crippen MR) is 126 cm³/mol. The van der Waals surface area contributed by atoms with E-state index in [1.165, 1.54) is 18.4 Å². The lowest BCUT2D eigenvalue weighted by Crippen LogP contribution is -2.41. The van der Waals surface area contributed by atoms with Gasteiger partial charge in [0.25, 0.3) is 0 Å². The second-order valence-corrected chi connectivity index (χ2v) is 8.92. The third-order valence-electron chi connectivity index (χ3n) is 6.68. The first-order valence-electron chi connectivity index (χ1n) is 11.5. The smallest absolute Gasteiger partial charge is 0.407 e. The minimum Gasteiger partial charge on any atom is -0.480 e. The lowest BCUT2D eigenvalue weighted by Gasteiger charge is -2.17. The zero-order chi connectivity index (χ0) is 22.8. The van der Waals surface area contributed by atoms with Crippen molar-refractivity contribution in [3.63, 3.8) is 0 Å². The van der Waals surface area contributed by atoms with Gasteiger partial charge in [-0.2, -0.15) is 0 Å². The molecule has 1 saturated carbocycles. The van der Waals surface area contributed by atoms with E-state index < -0.39 is 18.1 Å². The minimum atomic E-state index is -1.06. The van der Waals surface area contributed by atoms with Crippen LogP contribution in [-0.4, -0.2) is 29.8 Å². The van der Waals surface area contributed by atoms with Crippen LogP contribution in [0.2, 0.25) is 0 Å². The molecule has 5 heteroatoms. The molecule has 1 fully saturated rings. The molecular weight excluding hydrogens is 414 g/mol. The summed E-state index contributed by atoms with van der Waals surface area (Å²) in [4.78, 5) is 24.2. The number of rotatable bonds is 8. The molecule has 3 aromatic carbocycles. The number of carbonyl (C=O) groups is 2. The van der Waals surface area contributed by atoms with E-state index in [0.717, 1.165) is 27.8 Å². The Morgan fingerprint density at radius 1 is 0.909 bits per heavy atom. The van der Waals surface area contributed by atoms with E-state index in [1.54, 1.807) is 0 Å². The molecule has 2 aliphatic rings. The molecule has 0 heterocycles. The molecule has 5 rings (SSSR count). The summed E-state index contributed by atoms with van der Waals surface area (Å²) >= 11 is 0. The molecule has 2 N–H and O–H groups in total. The van der Waals surface area contributed by atoms with Crippen LogP contribution in [0.15, 0.2) is 72.8 Å². The molecule has 0 saturated heterocycles. The predicted octanol–water partition coefficient (Wildman–Crippen LogP) is 5.49. The zero-order valence-electron chi connectivity index (χ0n) is 18.4. The van der Waals surface area contributed by atoms with E-state index in [0.29, 0.717) is 18.8 Å². The first-order chi connectivity index (χ1) is 16.1. The third-order valence-corrected chi connectivity index (χ3v) is 6.68. The molecule has 0 radical (unpaired) electrons. The van der Waals surface area contributed by atoms with E-state index in [4.69, 9.17) is 4.74 Å². The fourth-order valence-electron chi connectivity index (χ4n) is 4.72. The van der Waals surface area contributed by atoms with Crippen LogP contribution in [0.5, 0.6) is 0 Å². The van der Waals surface area contributed by atoms with Gasteiger partial charge in [0.05, 0.1) is 0 Å². The second-order valence-electron chi connectivity index (χ2n) is 8.92. The number of fused-ring (bicyclic) bond motifs is 3. The SMILES string of the molecule is O=C(NC(CCc1ccc(C2CC2)cc1)C(=O)O)OCC1c2ccccc2-c2ccccc21. The number of hydrogen-bond acceptors (Lipinski definition) is 3. The molecule has 0 aliphatic heterocycles. The Labute approximate surface area is 193 Å². The highest BCUT2D eigenvalue weighted by Gasteiger charge is 2.30. The maximum Gasteiger partial charge on any atom is 0.407 e. The topological polar surface area (TPSA) is 75.6 Å². The number of amides is 1. The minimum absolute atomic E-state index is 0.0589. The van der Waals surface area contributed by atoms with E-state index >= 15 is 0 Å². The molecule has 1 atom stereocenters. The average molecular weight is 442 g/mol. The Balaban J connectivity index is 1.18. The Morgan fingerprint density at radius 3 is 2.09 bits per heavy atom. The molecule has 0 aromatic heterocycles. The lowest BCUT2D eigenvalue weighted by atomic mass is 9.98. The summed E-state index contributed by atoms with van der Waals surface area (Å²) in [7, 11) is 0. The number of carboxylic acids is 1. The van der Waals surface area contributed by atoms with Gasteiger partial charge >= 0.3 is 12.1 Å². The number of hydrogen-bond donors (Lipinski definition) is 2. The van der Waals surface area contributed by atoms with Crippen molar-refractivity contribution >= 4 is 12.1 Å².